The van der Waals surface area contributed by atoms with E-state index in [0.29, 0.717) is 5.57 Å². The van der Waals surface area contributed by atoms with Crippen molar-refractivity contribution in [3.8, 4) is 0 Å². The Kier molecular flexibility index (Phi) is 3.57. The van der Waals surface area contributed by atoms with Crippen LogP contribution < -0.4 is 0 Å². The zero-order valence-electron chi connectivity index (χ0n) is 10.6. The minimum Gasteiger partial charge on any atom is -0.508 e. The summed E-state index contributed by atoms with van der Waals surface area (Å²) in [6.45, 7) is 6.55. The van der Waals surface area contributed by atoms with E-state index in [1.807, 2.05) is 13.8 Å². The fourth-order valence-corrected chi connectivity index (χ4v) is 1.78. The minimum atomic E-state index is -1.98. The maximum atomic E-state index is 11.9. The Balaban J connectivity index is 3.21. The van der Waals surface area contributed by atoms with E-state index in [1.165, 1.54) is 13.0 Å². The molecular formula is C13H18O4. The topological polar surface area (TPSA) is 74.6 Å². The molecule has 2 N–H and O–H groups in total. The normalized spacial score (nSPS) is 25.3. The van der Waals surface area contributed by atoms with Gasteiger partial charge in [0, 0.05) is 6.42 Å². The first-order valence-corrected chi connectivity index (χ1v) is 5.60. The molecule has 0 aromatic heterocycles. The molecule has 4 heteroatoms. The van der Waals surface area contributed by atoms with Crippen LogP contribution >= 0.6 is 0 Å². The molecule has 1 rings (SSSR count). The third-order valence-corrected chi connectivity index (χ3v) is 2.79. The molecule has 1 aliphatic carbocycles. The molecule has 0 heterocycles. The Morgan fingerprint density at radius 3 is 2.47 bits per heavy atom. The Hall–Kier alpha value is -1.42. The predicted octanol–water partition coefficient (Wildman–Crippen LogP) is 1.69. The molecule has 94 valence electrons. The van der Waals surface area contributed by atoms with E-state index < -0.39 is 17.1 Å². The van der Waals surface area contributed by atoms with Gasteiger partial charge in [0.05, 0.1) is 5.57 Å². The molecule has 0 aromatic carbocycles. The molecule has 0 aliphatic heterocycles. The van der Waals surface area contributed by atoms with Gasteiger partial charge < -0.3 is 10.2 Å². The van der Waals surface area contributed by atoms with E-state index >= 15 is 0 Å². The smallest absolute Gasteiger partial charge is 0.194 e. The number of carbonyl (C=O) groups is 2. The van der Waals surface area contributed by atoms with Crippen molar-refractivity contribution >= 4 is 11.6 Å². The van der Waals surface area contributed by atoms with Crippen molar-refractivity contribution in [2.24, 2.45) is 5.92 Å². The summed E-state index contributed by atoms with van der Waals surface area (Å²) in [4.78, 5) is 23.4. The number of hydrogen-bond donors (Lipinski definition) is 2. The van der Waals surface area contributed by atoms with E-state index in [2.05, 4.69) is 0 Å². The molecule has 4 nitrogen and oxygen atoms in total. The lowest BCUT2D eigenvalue weighted by Crippen LogP contribution is -2.40. The van der Waals surface area contributed by atoms with Crippen molar-refractivity contribution in [2.45, 2.75) is 39.7 Å². The summed E-state index contributed by atoms with van der Waals surface area (Å²) in [5.74, 6) is -1.24. The molecular weight excluding hydrogens is 220 g/mol. The van der Waals surface area contributed by atoms with Gasteiger partial charge in [0.25, 0.3) is 0 Å². The summed E-state index contributed by atoms with van der Waals surface area (Å²) in [5, 5.41) is 19.7. The number of rotatable bonds is 3. The average molecular weight is 238 g/mol. The van der Waals surface area contributed by atoms with Crippen molar-refractivity contribution in [3.05, 3.63) is 23.0 Å². The van der Waals surface area contributed by atoms with Gasteiger partial charge >= 0.3 is 0 Å². The van der Waals surface area contributed by atoms with E-state index in [1.54, 1.807) is 6.92 Å². The van der Waals surface area contributed by atoms with Gasteiger partial charge in [0.1, 0.15) is 5.76 Å². The number of ketones is 2. The standard InChI is InChI=1S/C13H18O4/c1-7(2)5-9(14)11-8(3)6-10(15)13(4,17)12(11)16/h6-7,16-17H,5H2,1-4H3/t13-/m1/s1. The van der Waals surface area contributed by atoms with Gasteiger partial charge in [0.15, 0.2) is 17.2 Å². The molecule has 0 saturated heterocycles. The monoisotopic (exact) mass is 238 g/mol. The Morgan fingerprint density at radius 1 is 1.47 bits per heavy atom. The molecule has 0 aromatic rings. The van der Waals surface area contributed by atoms with Gasteiger partial charge in [-0.25, -0.2) is 0 Å². The fraction of sp³-hybridized carbons (Fsp3) is 0.538. The van der Waals surface area contributed by atoms with E-state index in [-0.39, 0.29) is 23.7 Å². The second kappa shape index (κ2) is 4.45. The third-order valence-electron chi connectivity index (χ3n) is 2.79. The van der Waals surface area contributed by atoms with Crippen LogP contribution in [0.15, 0.2) is 23.0 Å². The summed E-state index contributed by atoms with van der Waals surface area (Å²) >= 11 is 0. The lowest BCUT2D eigenvalue weighted by Gasteiger charge is -2.27. The van der Waals surface area contributed by atoms with Crippen molar-refractivity contribution in [1.82, 2.24) is 0 Å². The Labute approximate surface area is 101 Å². The zero-order chi connectivity index (χ0) is 13.4. The molecule has 17 heavy (non-hydrogen) atoms. The van der Waals surface area contributed by atoms with Gasteiger partial charge in [-0.2, -0.15) is 0 Å². The average Bonchev–Trinajstić information content (AvgIpc) is 2.14. The molecule has 0 bridgehead atoms. The Bertz CT molecular complexity index is 425. The first kappa shape index (κ1) is 13.6. The summed E-state index contributed by atoms with van der Waals surface area (Å²) in [6, 6.07) is 0. The van der Waals surface area contributed by atoms with Crippen molar-refractivity contribution in [2.75, 3.05) is 0 Å². The quantitative estimate of drug-likeness (QED) is 0.784. The second-order valence-corrected chi connectivity index (χ2v) is 5.01. The predicted molar refractivity (Wildman–Crippen MR) is 63.5 cm³/mol. The number of Topliss-reactive ketones (excluding diaryl/α,β-unsaturated/α-hetero) is 1. The number of aliphatic hydroxyl groups is 2. The van der Waals surface area contributed by atoms with Crippen LogP contribution in [0.2, 0.25) is 0 Å². The van der Waals surface area contributed by atoms with Gasteiger partial charge in [-0.1, -0.05) is 13.8 Å². The van der Waals surface area contributed by atoms with E-state index in [4.69, 9.17) is 0 Å². The molecule has 0 spiro atoms. The first-order valence-electron chi connectivity index (χ1n) is 5.60. The second-order valence-electron chi connectivity index (χ2n) is 5.01. The number of aliphatic hydroxyl groups excluding tert-OH is 1. The molecule has 0 amide bonds. The highest BCUT2D eigenvalue weighted by molar-refractivity contribution is 6.09. The summed E-state index contributed by atoms with van der Waals surface area (Å²) in [7, 11) is 0. The lowest BCUT2D eigenvalue weighted by molar-refractivity contribution is -0.130. The van der Waals surface area contributed by atoms with Gasteiger partial charge in [-0.05, 0) is 31.4 Å². The molecule has 0 unspecified atom stereocenters. The maximum absolute atomic E-state index is 11.9. The van der Waals surface area contributed by atoms with Crippen LogP contribution in [0.3, 0.4) is 0 Å². The summed E-state index contributed by atoms with van der Waals surface area (Å²) in [5.41, 5.74) is -1.51. The highest BCUT2D eigenvalue weighted by Crippen LogP contribution is 2.30. The largest absolute Gasteiger partial charge is 0.508 e. The maximum Gasteiger partial charge on any atom is 0.194 e. The van der Waals surface area contributed by atoms with Crippen LogP contribution in [0, 0.1) is 5.92 Å². The van der Waals surface area contributed by atoms with Crippen LogP contribution in [-0.2, 0) is 9.59 Å². The van der Waals surface area contributed by atoms with Crippen LogP contribution in [0.4, 0.5) is 0 Å². The lowest BCUT2D eigenvalue weighted by atomic mass is 9.82. The first-order chi connectivity index (χ1) is 7.67. The van der Waals surface area contributed by atoms with Crippen molar-refractivity contribution < 1.29 is 19.8 Å². The minimum absolute atomic E-state index is 0.0725. The van der Waals surface area contributed by atoms with E-state index in [0.717, 1.165) is 0 Å². The number of carbonyl (C=O) groups excluding carboxylic acids is 2. The highest BCUT2D eigenvalue weighted by atomic mass is 16.3. The van der Waals surface area contributed by atoms with E-state index in [9.17, 15) is 19.8 Å². The molecule has 0 radical (unpaired) electrons. The summed E-state index contributed by atoms with van der Waals surface area (Å²) in [6.07, 6.45) is 1.47. The van der Waals surface area contributed by atoms with Crippen LogP contribution in [0.1, 0.15) is 34.1 Å². The molecule has 1 aliphatic rings. The highest BCUT2D eigenvalue weighted by Gasteiger charge is 2.40. The molecule has 0 saturated carbocycles. The Morgan fingerprint density at radius 2 is 2.00 bits per heavy atom. The van der Waals surface area contributed by atoms with Crippen LogP contribution in [0.5, 0.6) is 0 Å². The van der Waals surface area contributed by atoms with Crippen LogP contribution in [-0.4, -0.2) is 27.4 Å². The SMILES string of the molecule is CC1=CC(=O)[C@@](C)(O)C(O)=C1C(=O)CC(C)C. The van der Waals surface area contributed by atoms with Crippen molar-refractivity contribution in [1.29, 1.82) is 0 Å². The van der Waals surface area contributed by atoms with Gasteiger partial charge in [0.2, 0.25) is 0 Å². The van der Waals surface area contributed by atoms with Gasteiger partial charge in [-0.15, -0.1) is 0 Å². The van der Waals surface area contributed by atoms with Crippen molar-refractivity contribution in [3.63, 3.8) is 0 Å². The fourth-order valence-electron chi connectivity index (χ4n) is 1.78. The zero-order valence-corrected chi connectivity index (χ0v) is 10.6. The van der Waals surface area contributed by atoms with Gasteiger partial charge in [-0.3, -0.25) is 9.59 Å². The van der Waals surface area contributed by atoms with Crippen LogP contribution in [0.25, 0.3) is 0 Å². The third kappa shape index (κ3) is 2.47. The molecule has 0 fully saturated rings. The number of hydrogen-bond acceptors (Lipinski definition) is 4. The number of allylic oxidation sites excluding steroid dienone is 2. The molecule has 1 atom stereocenters. The summed E-state index contributed by atoms with van der Waals surface area (Å²) < 4.78 is 0.